The molecule has 0 radical (unpaired) electrons. The Morgan fingerprint density at radius 3 is 2.09 bits per heavy atom. The van der Waals surface area contributed by atoms with Crippen molar-refractivity contribution in [1.29, 1.82) is 0 Å². The first kappa shape index (κ1) is 22.3. The lowest BCUT2D eigenvalue weighted by Gasteiger charge is -2.36. The van der Waals surface area contributed by atoms with Crippen molar-refractivity contribution in [2.24, 2.45) is 0 Å². The number of anilines is 1. The van der Waals surface area contributed by atoms with Crippen LogP contribution in [0.5, 0.6) is 11.5 Å². The minimum Gasteiger partial charge on any atom is -0.497 e. The van der Waals surface area contributed by atoms with Crippen molar-refractivity contribution in [3.05, 3.63) is 53.7 Å². The number of methoxy groups -OCH3 is 2. The molecule has 0 atom stereocenters. The number of hydrogen-bond donors (Lipinski definition) is 0. The summed E-state index contributed by atoms with van der Waals surface area (Å²) in [6.45, 7) is 3.95. The van der Waals surface area contributed by atoms with E-state index in [4.69, 9.17) is 19.2 Å². The van der Waals surface area contributed by atoms with Gasteiger partial charge < -0.3 is 24.0 Å². The number of ether oxygens (including phenoxy) is 3. The molecular weight excluding hydrogens is 424 g/mol. The number of aromatic nitrogens is 2. The Bertz CT molecular complexity index is 1150. The summed E-state index contributed by atoms with van der Waals surface area (Å²) in [4.78, 5) is 38.7. The number of carbonyl (C=O) groups excluding carboxylic acids is 2. The van der Waals surface area contributed by atoms with E-state index >= 15 is 0 Å². The highest BCUT2D eigenvalue weighted by atomic mass is 16.5. The highest BCUT2D eigenvalue weighted by molar-refractivity contribution is 5.96. The van der Waals surface area contributed by atoms with E-state index in [-0.39, 0.29) is 18.2 Å². The van der Waals surface area contributed by atoms with Crippen molar-refractivity contribution >= 4 is 28.7 Å². The Labute approximate surface area is 191 Å². The van der Waals surface area contributed by atoms with Crippen molar-refractivity contribution in [2.45, 2.75) is 6.92 Å². The summed E-state index contributed by atoms with van der Waals surface area (Å²) in [6.07, 6.45) is 0. The predicted molar refractivity (Wildman–Crippen MR) is 123 cm³/mol. The van der Waals surface area contributed by atoms with Gasteiger partial charge in [-0.05, 0) is 31.2 Å². The third-order valence-corrected chi connectivity index (χ3v) is 5.49. The van der Waals surface area contributed by atoms with Gasteiger partial charge in [-0.25, -0.2) is 14.8 Å². The summed E-state index contributed by atoms with van der Waals surface area (Å²) >= 11 is 0. The fourth-order valence-electron chi connectivity index (χ4n) is 3.78. The Morgan fingerprint density at radius 1 is 0.909 bits per heavy atom. The fraction of sp³-hybridized carbons (Fsp3) is 0.333. The summed E-state index contributed by atoms with van der Waals surface area (Å²) in [5, 5.41) is 0. The molecule has 0 unspecified atom stereocenters. The third kappa shape index (κ3) is 4.67. The molecule has 1 aromatic heterocycles. The van der Waals surface area contributed by atoms with Crippen molar-refractivity contribution in [1.82, 2.24) is 14.9 Å². The number of carbonyl (C=O) groups is 2. The maximum absolute atomic E-state index is 13.1. The van der Waals surface area contributed by atoms with Gasteiger partial charge >= 0.3 is 5.97 Å². The van der Waals surface area contributed by atoms with E-state index in [0.717, 1.165) is 0 Å². The number of fused-ring (bicyclic) bond motifs is 1. The number of amides is 1. The largest absolute Gasteiger partial charge is 0.497 e. The van der Waals surface area contributed by atoms with E-state index in [0.29, 0.717) is 60.1 Å². The molecule has 172 valence electrons. The number of rotatable bonds is 6. The van der Waals surface area contributed by atoms with Crippen LogP contribution < -0.4 is 14.4 Å². The molecule has 3 aromatic rings. The quantitative estimate of drug-likeness (QED) is 0.529. The molecule has 1 amide bonds. The molecule has 2 heterocycles. The fourth-order valence-corrected chi connectivity index (χ4v) is 3.78. The minimum atomic E-state index is -0.507. The Morgan fingerprint density at radius 2 is 1.52 bits per heavy atom. The average molecular weight is 450 g/mol. The molecule has 0 bridgehead atoms. The van der Waals surface area contributed by atoms with Crippen molar-refractivity contribution < 1.29 is 23.8 Å². The van der Waals surface area contributed by atoms with Gasteiger partial charge in [0.25, 0.3) is 5.91 Å². The molecule has 0 N–H and O–H groups in total. The lowest BCUT2D eigenvalue weighted by Crippen LogP contribution is -2.49. The molecule has 1 saturated heterocycles. The van der Waals surface area contributed by atoms with Crippen LogP contribution in [0, 0.1) is 0 Å². The lowest BCUT2D eigenvalue weighted by atomic mass is 10.1. The lowest BCUT2D eigenvalue weighted by molar-refractivity contribution is 0.0519. The molecule has 0 spiro atoms. The number of esters is 1. The number of hydrogen-bond acceptors (Lipinski definition) is 8. The molecule has 0 saturated carbocycles. The topological polar surface area (TPSA) is 94.1 Å². The molecule has 2 aromatic carbocycles. The van der Waals surface area contributed by atoms with Crippen molar-refractivity contribution in [3.63, 3.8) is 0 Å². The SMILES string of the molecule is CCOC(=O)c1nc2ccccc2nc1N1CCN(C(=O)c2cc(OC)cc(OC)c2)CC1. The van der Waals surface area contributed by atoms with E-state index in [2.05, 4.69) is 4.98 Å². The van der Waals surface area contributed by atoms with Gasteiger partial charge in [-0.1, -0.05) is 12.1 Å². The van der Waals surface area contributed by atoms with Gasteiger partial charge in [0.2, 0.25) is 0 Å². The second-order valence-electron chi connectivity index (χ2n) is 7.49. The monoisotopic (exact) mass is 450 g/mol. The zero-order chi connectivity index (χ0) is 23.4. The maximum atomic E-state index is 13.1. The second-order valence-corrected chi connectivity index (χ2v) is 7.49. The van der Waals surface area contributed by atoms with Gasteiger partial charge in [-0.3, -0.25) is 4.79 Å². The highest BCUT2D eigenvalue weighted by Crippen LogP contribution is 2.26. The molecule has 4 rings (SSSR count). The van der Waals surface area contributed by atoms with Crippen LogP contribution in [0.2, 0.25) is 0 Å². The first-order valence-electron chi connectivity index (χ1n) is 10.7. The molecular formula is C24H26N4O5. The van der Waals surface area contributed by atoms with E-state index in [1.165, 1.54) is 0 Å². The summed E-state index contributed by atoms with van der Waals surface area (Å²) in [7, 11) is 3.10. The predicted octanol–water partition coefficient (Wildman–Crippen LogP) is 2.79. The smallest absolute Gasteiger partial charge is 0.360 e. The third-order valence-electron chi connectivity index (χ3n) is 5.49. The van der Waals surface area contributed by atoms with E-state index in [9.17, 15) is 9.59 Å². The molecule has 1 aliphatic heterocycles. The van der Waals surface area contributed by atoms with Crippen LogP contribution in [0.15, 0.2) is 42.5 Å². The highest BCUT2D eigenvalue weighted by Gasteiger charge is 2.28. The average Bonchev–Trinajstić information content (AvgIpc) is 2.87. The molecule has 33 heavy (non-hydrogen) atoms. The Kier molecular flexibility index (Phi) is 6.58. The van der Waals surface area contributed by atoms with Gasteiger partial charge in [0.05, 0.1) is 31.9 Å². The van der Waals surface area contributed by atoms with Gasteiger partial charge in [0.1, 0.15) is 11.5 Å². The van der Waals surface area contributed by atoms with Gasteiger partial charge in [0.15, 0.2) is 11.5 Å². The number of para-hydroxylation sites is 2. The van der Waals surface area contributed by atoms with E-state index < -0.39 is 5.97 Å². The first-order valence-corrected chi connectivity index (χ1v) is 10.7. The van der Waals surface area contributed by atoms with Crippen LogP contribution in [0.4, 0.5) is 5.82 Å². The normalized spacial score (nSPS) is 13.7. The van der Waals surface area contributed by atoms with Crippen LogP contribution in [-0.4, -0.2) is 73.7 Å². The zero-order valence-corrected chi connectivity index (χ0v) is 18.9. The second kappa shape index (κ2) is 9.72. The number of nitrogens with zero attached hydrogens (tertiary/aromatic N) is 4. The maximum Gasteiger partial charge on any atom is 0.360 e. The minimum absolute atomic E-state index is 0.109. The summed E-state index contributed by atoms with van der Waals surface area (Å²) in [5.41, 5.74) is 2.01. The van der Waals surface area contributed by atoms with Crippen LogP contribution in [0.3, 0.4) is 0 Å². The van der Waals surface area contributed by atoms with Gasteiger partial charge in [-0.2, -0.15) is 0 Å². The molecule has 0 aliphatic carbocycles. The van der Waals surface area contributed by atoms with Crippen LogP contribution in [-0.2, 0) is 4.74 Å². The van der Waals surface area contributed by atoms with Gasteiger partial charge in [-0.15, -0.1) is 0 Å². The summed E-state index contributed by atoms with van der Waals surface area (Å²) in [5.74, 6) is 0.973. The first-order chi connectivity index (χ1) is 16.0. The van der Waals surface area contributed by atoms with E-state index in [1.54, 1.807) is 44.2 Å². The van der Waals surface area contributed by atoms with Gasteiger partial charge in [0, 0.05) is 37.8 Å². The molecule has 9 nitrogen and oxygen atoms in total. The van der Waals surface area contributed by atoms with Crippen molar-refractivity contribution in [2.75, 3.05) is 51.9 Å². The number of piperazine rings is 1. The van der Waals surface area contributed by atoms with Crippen LogP contribution in [0.1, 0.15) is 27.8 Å². The Balaban J connectivity index is 1.56. The van der Waals surface area contributed by atoms with Crippen LogP contribution >= 0.6 is 0 Å². The standard InChI is InChI=1S/C24H26N4O5/c1-4-33-24(30)21-22(26-20-8-6-5-7-19(20)25-21)27-9-11-28(12-10-27)23(29)16-13-17(31-2)15-18(14-16)32-3/h5-8,13-15H,4,9-12H2,1-3H3. The summed E-state index contributed by atoms with van der Waals surface area (Å²) < 4.78 is 15.8. The van der Waals surface area contributed by atoms with Crippen molar-refractivity contribution in [3.8, 4) is 11.5 Å². The van der Waals surface area contributed by atoms with E-state index in [1.807, 2.05) is 29.2 Å². The zero-order valence-electron chi connectivity index (χ0n) is 18.9. The summed E-state index contributed by atoms with van der Waals surface area (Å²) in [6, 6.07) is 12.5. The molecule has 9 heteroatoms. The Hall–Kier alpha value is -3.88. The molecule has 1 aliphatic rings. The van der Waals surface area contributed by atoms with Crippen LogP contribution in [0.25, 0.3) is 11.0 Å². The number of benzene rings is 2. The molecule has 1 fully saturated rings.